The van der Waals surface area contributed by atoms with E-state index in [1.807, 2.05) is 42.8 Å². The summed E-state index contributed by atoms with van der Waals surface area (Å²) in [6, 6.07) is 7.52. The number of amides is 2. The molecular weight excluding hydrogens is 254 g/mol. The topological polar surface area (TPSA) is 71.8 Å². The Morgan fingerprint density at radius 1 is 1.40 bits per heavy atom. The van der Waals surface area contributed by atoms with Crippen molar-refractivity contribution in [3.63, 3.8) is 0 Å². The van der Waals surface area contributed by atoms with Gasteiger partial charge in [0.15, 0.2) is 0 Å². The maximum absolute atomic E-state index is 11.7. The molecule has 2 amide bonds. The predicted molar refractivity (Wildman–Crippen MR) is 77.5 cm³/mol. The monoisotopic (exact) mass is 273 g/mol. The SMILES string of the molecule is Cc1cccc(NC(=O)NCCCc2nncn2C)c1. The van der Waals surface area contributed by atoms with E-state index in [1.54, 1.807) is 6.33 Å². The molecule has 1 aromatic carbocycles. The molecule has 0 aliphatic heterocycles. The van der Waals surface area contributed by atoms with Gasteiger partial charge in [0.25, 0.3) is 0 Å². The van der Waals surface area contributed by atoms with Crippen LogP contribution in [0.25, 0.3) is 0 Å². The van der Waals surface area contributed by atoms with Crippen molar-refractivity contribution in [2.24, 2.45) is 7.05 Å². The summed E-state index contributed by atoms with van der Waals surface area (Å²) in [7, 11) is 1.91. The molecule has 2 aromatic rings. The van der Waals surface area contributed by atoms with Crippen LogP contribution < -0.4 is 10.6 Å². The Morgan fingerprint density at radius 2 is 2.25 bits per heavy atom. The minimum absolute atomic E-state index is 0.187. The van der Waals surface area contributed by atoms with Gasteiger partial charge in [0.2, 0.25) is 0 Å². The Morgan fingerprint density at radius 3 is 2.95 bits per heavy atom. The molecule has 20 heavy (non-hydrogen) atoms. The smallest absolute Gasteiger partial charge is 0.319 e. The molecule has 0 atom stereocenters. The molecule has 2 rings (SSSR count). The zero-order valence-electron chi connectivity index (χ0n) is 11.8. The Kier molecular flexibility index (Phi) is 4.70. The van der Waals surface area contributed by atoms with Gasteiger partial charge in [-0.25, -0.2) is 4.79 Å². The molecule has 2 N–H and O–H groups in total. The minimum atomic E-state index is -0.187. The number of benzene rings is 1. The van der Waals surface area contributed by atoms with Crippen LogP contribution in [0.5, 0.6) is 0 Å². The van der Waals surface area contributed by atoms with Gasteiger partial charge in [-0.05, 0) is 31.0 Å². The van der Waals surface area contributed by atoms with Crippen molar-refractivity contribution >= 4 is 11.7 Å². The fraction of sp³-hybridized carbons (Fsp3) is 0.357. The van der Waals surface area contributed by atoms with Crippen LogP contribution in [0.2, 0.25) is 0 Å². The van der Waals surface area contributed by atoms with E-state index in [1.165, 1.54) is 0 Å². The summed E-state index contributed by atoms with van der Waals surface area (Å²) in [4.78, 5) is 11.7. The first-order valence-corrected chi connectivity index (χ1v) is 6.59. The number of anilines is 1. The third kappa shape index (κ3) is 4.08. The van der Waals surface area contributed by atoms with Crippen molar-refractivity contribution in [2.45, 2.75) is 19.8 Å². The molecule has 0 spiro atoms. The lowest BCUT2D eigenvalue weighted by atomic mass is 10.2. The molecule has 1 aromatic heterocycles. The quantitative estimate of drug-likeness (QED) is 0.817. The Balaban J connectivity index is 1.69. The van der Waals surface area contributed by atoms with Crippen molar-refractivity contribution in [2.75, 3.05) is 11.9 Å². The summed E-state index contributed by atoms with van der Waals surface area (Å²) in [6.07, 6.45) is 3.29. The first kappa shape index (κ1) is 14.0. The van der Waals surface area contributed by atoms with Gasteiger partial charge in [0, 0.05) is 25.7 Å². The highest BCUT2D eigenvalue weighted by atomic mass is 16.2. The normalized spacial score (nSPS) is 10.3. The van der Waals surface area contributed by atoms with Gasteiger partial charge in [-0.1, -0.05) is 12.1 Å². The lowest BCUT2D eigenvalue weighted by Gasteiger charge is -2.08. The Labute approximate surface area is 118 Å². The minimum Gasteiger partial charge on any atom is -0.338 e. The van der Waals surface area contributed by atoms with Crippen LogP contribution in [0.15, 0.2) is 30.6 Å². The Hall–Kier alpha value is -2.37. The van der Waals surface area contributed by atoms with Gasteiger partial charge in [0.1, 0.15) is 12.2 Å². The van der Waals surface area contributed by atoms with E-state index in [4.69, 9.17) is 0 Å². The van der Waals surface area contributed by atoms with E-state index in [0.717, 1.165) is 29.9 Å². The summed E-state index contributed by atoms with van der Waals surface area (Å²) >= 11 is 0. The van der Waals surface area contributed by atoms with Crippen LogP contribution in [0.4, 0.5) is 10.5 Å². The second kappa shape index (κ2) is 6.70. The van der Waals surface area contributed by atoms with E-state index in [2.05, 4.69) is 20.8 Å². The number of nitrogens with zero attached hydrogens (tertiary/aromatic N) is 3. The standard InChI is InChI=1S/C14H19N5O/c1-11-5-3-6-12(9-11)17-14(20)15-8-4-7-13-18-16-10-19(13)2/h3,5-6,9-10H,4,7-8H2,1-2H3,(H2,15,17,20). The molecule has 0 aliphatic rings. The highest BCUT2D eigenvalue weighted by Crippen LogP contribution is 2.08. The molecule has 1 heterocycles. The fourth-order valence-electron chi connectivity index (χ4n) is 1.88. The fourth-order valence-corrected chi connectivity index (χ4v) is 1.88. The Bertz CT molecular complexity index is 578. The van der Waals surface area contributed by atoms with Crippen LogP contribution in [-0.2, 0) is 13.5 Å². The number of aryl methyl sites for hydroxylation is 3. The predicted octanol–water partition coefficient (Wildman–Crippen LogP) is 1.88. The maximum atomic E-state index is 11.7. The van der Waals surface area contributed by atoms with Gasteiger partial charge in [-0.2, -0.15) is 0 Å². The number of urea groups is 1. The lowest BCUT2D eigenvalue weighted by Crippen LogP contribution is -2.29. The average molecular weight is 273 g/mol. The summed E-state index contributed by atoms with van der Waals surface area (Å²) in [5.74, 6) is 0.922. The first-order chi connectivity index (χ1) is 9.65. The van der Waals surface area contributed by atoms with Crippen molar-refractivity contribution in [1.82, 2.24) is 20.1 Å². The molecule has 0 saturated carbocycles. The van der Waals surface area contributed by atoms with E-state index < -0.39 is 0 Å². The molecule has 106 valence electrons. The second-order valence-electron chi connectivity index (χ2n) is 4.71. The number of nitrogens with one attached hydrogen (secondary N) is 2. The molecule has 0 radical (unpaired) electrons. The van der Waals surface area contributed by atoms with Gasteiger partial charge in [-0.15, -0.1) is 10.2 Å². The van der Waals surface area contributed by atoms with Gasteiger partial charge in [0.05, 0.1) is 0 Å². The van der Waals surface area contributed by atoms with Gasteiger partial charge in [-0.3, -0.25) is 0 Å². The van der Waals surface area contributed by atoms with Crippen molar-refractivity contribution in [3.8, 4) is 0 Å². The van der Waals surface area contributed by atoms with Crippen LogP contribution in [0, 0.1) is 6.92 Å². The lowest BCUT2D eigenvalue weighted by molar-refractivity contribution is 0.252. The summed E-state index contributed by atoms with van der Waals surface area (Å²) in [5, 5.41) is 13.4. The van der Waals surface area contributed by atoms with Crippen molar-refractivity contribution in [3.05, 3.63) is 42.0 Å². The summed E-state index contributed by atoms with van der Waals surface area (Å²) in [5.41, 5.74) is 1.92. The van der Waals surface area contributed by atoms with Crippen LogP contribution in [-0.4, -0.2) is 27.3 Å². The van der Waals surface area contributed by atoms with Crippen molar-refractivity contribution < 1.29 is 4.79 Å². The molecule has 0 saturated heterocycles. The molecular formula is C14H19N5O. The molecule has 0 unspecified atom stereocenters. The molecule has 0 aliphatic carbocycles. The van der Waals surface area contributed by atoms with Crippen LogP contribution >= 0.6 is 0 Å². The number of rotatable bonds is 5. The van der Waals surface area contributed by atoms with E-state index in [0.29, 0.717) is 6.54 Å². The highest BCUT2D eigenvalue weighted by molar-refractivity contribution is 5.89. The summed E-state index contributed by atoms with van der Waals surface area (Å²) < 4.78 is 1.88. The number of hydrogen-bond acceptors (Lipinski definition) is 3. The maximum Gasteiger partial charge on any atom is 0.319 e. The number of carbonyl (C=O) groups excluding carboxylic acids is 1. The van der Waals surface area contributed by atoms with E-state index in [9.17, 15) is 4.79 Å². The van der Waals surface area contributed by atoms with Crippen LogP contribution in [0.3, 0.4) is 0 Å². The largest absolute Gasteiger partial charge is 0.338 e. The van der Waals surface area contributed by atoms with Crippen molar-refractivity contribution in [1.29, 1.82) is 0 Å². The molecule has 0 bridgehead atoms. The van der Waals surface area contributed by atoms with Gasteiger partial charge < -0.3 is 15.2 Å². The third-order valence-corrected chi connectivity index (χ3v) is 2.94. The first-order valence-electron chi connectivity index (χ1n) is 6.59. The number of hydrogen-bond donors (Lipinski definition) is 2. The zero-order valence-corrected chi connectivity index (χ0v) is 11.8. The zero-order chi connectivity index (χ0) is 14.4. The highest BCUT2D eigenvalue weighted by Gasteiger charge is 2.03. The third-order valence-electron chi connectivity index (χ3n) is 2.94. The summed E-state index contributed by atoms with van der Waals surface area (Å²) in [6.45, 7) is 2.59. The number of aromatic nitrogens is 3. The number of carbonyl (C=O) groups is 1. The average Bonchev–Trinajstić information content (AvgIpc) is 2.80. The second-order valence-corrected chi connectivity index (χ2v) is 4.71. The van der Waals surface area contributed by atoms with E-state index in [-0.39, 0.29) is 6.03 Å². The van der Waals surface area contributed by atoms with Crippen LogP contribution in [0.1, 0.15) is 17.8 Å². The molecule has 6 nitrogen and oxygen atoms in total. The molecule has 6 heteroatoms. The molecule has 0 fully saturated rings. The van der Waals surface area contributed by atoms with Gasteiger partial charge >= 0.3 is 6.03 Å². The van der Waals surface area contributed by atoms with E-state index >= 15 is 0 Å².